The minimum atomic E-state index is -4.23. The van der Waals surface area contributed by atoms with Crippen LogP contribution in [-0.2, 0) is 10.0 Å². The number of nitrogens with zero attached hydrogens (tertiary/aromatic N) is 4. The van der Waals surface area contributed by atoms with Crippen LogP contribution in [0.15, 0.2) is 23.1 Å². The lowest BCUT2D eigenvalue weighted by Crippen LogP contribution is -2.31. The van der Waals surface area contributed by atoms with Crippen molar-refractivity contribution in [2.45, 2.75) is 4.90 Å². The smallest absolute Gasteiger partial charge is 0.312 e. The second-order valence-electron chi connectivity index (χ2n) is 3.50. The number of hydrogen-bond acceptors (Lipinski definition) is 7. The molecule has 0 saturated heterocycles. The van der Waals surface area contributed by atoms with Gasteiger partial charge in [0.2, 0.25) is 10.0 Å². The number of nitriles is 2. The van der Waals surface area contributed by atoms with Gasteiger partial charge in [0.25, 0.3) is 0 Å². The van der Waals surface area contributed by atoms with E-state index in [1.165, 1.54) is 0 Å². The molecule has 0 aliphatic carbocycles. The van der Waals surface area contributed by atoms with Crippen molar-refractivity contribution in [2.24, 2.45) is 0 Å². The SMILES string of the molecule is N#CCN(CC#N)S(=O)(=O)c1ccc(O)c([N+](=O)[O-])c1. The predicted octanol–water partition coefficient (Wildman–Crippen LogP) is 0.338. The van der Waals surface area contributed by atoms with Crippen LogP contribution in [0.2, 0.25) is 0 Å². The Labute approximate surface area is 114 Å². The molecule has 1 N–H and O–H groups in total. The Morgan fingerprint density at radius 3 is 2.30 bits per heavy atom. The summed E-state index contributed by atoms with van der Waals surface area (Å²) in [6.07, 6.45) is 0. The molecule has 1 rings (SSSR count). The van der Waals surface area contributed by atoms with Crippen LogP contribution in [0.3, 0.4) is 0 Å². The third-order valence-electron chi connectivity index (χ3n) is 2.28. The number of phenolic OH excluding ortho intramolecular Hbond substituents is 1. The van der Waals surface area contributed by atoms with E-state index < -0.39 is 44.4 Å². The maximum atomic E-state index is 12.1. The van der Waals surface area contributed by atoms with E-state index >= 15 is 0 Å². The van der Waals surface area contributed by atoms with Crippen molar-refractivity contribution in [3.63, 3.8) is 0 Å². The van der Waals surface area contributed by atoms with Gasteiger partial charge >= 0.3 is 5.69 Å². The molecular formula is C10H8N4O5S. The summed E-state index contributed by atoms with van der Waals surface area (Å²) in [5.74, 6) is -0.680. The molecule has 10 heteroatoms. The van der Waals surface area contributed by atoms with Gasteiger partial charge in [0.15, 0.2) is 5.75 Å². The summed E-state index contributed by atoms with van der Waals surface area (Å²) in [7, 11) is -4.23. The van der Waals surface area contributed by atoms with Gasteiger partial charge < -0.3 is 5.11 Å². The van der Waals surface area contributed by atoms with E-state index in [0.29, 0.717) is 10.4 Å². The van der Waals surface area contributed by atoms with Gasteiger partial charge in [0, 0.05) is 6.07 Å². The van der Waals surface area contributed by atoms with Crippen molar-refractivity contribution in [2.75, 3.05) is 13.1 Å². The zero-order valence-corrected chi connectivity index (χ0v) is 10.7. The Bertz CT molecular complexity index is 700. The van der Waals surface area contributed by atoms with Gasteiger partial charge in [-0.25, -0.2) is 8.42 Å². The van der Waals surface area contributed by atoms with E-state index in [1.807, 2.05) is 0 Å². The van der Waals surface area contributed by atoms with E-state index in [0.717, 1.165) is 12.1 Å². The fourth-order valence-corrected chi connectivity index (χ4v) is 2.60. The lowest BCUT2D eigenvalue weighted by molar-refractivity contribution is -0.386. The van der Waals surface area contributed by atoms with Gasteiger partial charge in [0.1, 0.15) is 13.1 Å². The maximum Gasteiger partial charge on any atom is 0.312 e. The summed E-state index contributed by atoms with van der Waals surface area (Å²) in [4.78, 5) is 9.24. The molecule has 0 saturated carbocycles. The summed E-state index contributed by atoms with van der Waals surface area (Å²) in [6, 6.07) is 5.67. The van der Waals surface area contributed by atoms with Crippen LogP contribution in [0.25, 0.3) is 0 Å². The number of phenols is 1. The fourth-order valence-electron chi connectivity index (χ4n) is 1.34. The van der Waals surface area contributed by atoms with Gasteiger partial charge in [-0.05, 0) is 12.1 Å². The molecule has 9 nitrogen and oxygen atoms in total. The first-order chi connectivity index (χ1) is 9.34. The molecule has 104 valence electrons. The second kappa shape index (κ2) is 5.97. The zero-order valence-electron chi connectivity index (χ0n) is 9.92. The first-order valence-electron chi connectivity index (χ1n) is 5.06. The van der Waals surface area contributed by atoms with Crippen molar-refractivity contribution < 1.29 is 18.4 Å². The minimum Gasteiger partial charge on any atom is -0.502 e. The van der Waals surface area contributed by atoms with Gasteiger partial charge in [-0.15, -0.1) is 0 Å². The van der Waals surface area contributed by atoms with E-state index in [9.17, 15) is 23.6 Å². The predicted molar refractivity (Wildman–Crippen MR) is 64.7 cm³/mol. The van der Waals surface area contributed by atoms with Crippen LogP contribution in [0.5, 0.6) is 5.75 Å². The molecule has 0 fully saturated rings. The number of nitro groups is 1. The number of hydrogen-bond donors (Lipinski definition) is 1. The van der Waals surface area contributed by atoms with Crippen LogP contribution in [0, 0.1) is 32.8 Å². The highest BCUT2D eigenvalue weighted by Crippen LogP contribution is 2.29. The molecule has 1 aromatic carbocycles. The van der Waals surface area contributed by atoms with Crippen LogP contribution in [0.1, 0.15) is 0 Å². The van der Waals surface area contributed by atoms with Crippen LogP contribution in [0.4, 0.5) is 5.69 Å². The highest BCUT2D eigenvalue weighted by molar-refractivity contribution is 7.89. The monoisotopic (exact) mass is 296 g/mol. The zero-order chi connectivity index (χ0) is 15.3. The minimum absolute atomic E-state index is 0.479. The molecule has 0 amide bonds. The Morgan fingerprint density at radius 1 is 1.30 bits per heavy atom. The Morgan fingerprint density at radius 2 is 1.85 bits per heavy atom. The molecule has 0 bridgehead atoms. The number of nitro benzene ring substituents is 1. The van der Waals surface area contributed by atoms with E-state index in [1.54, 1.807) is 12.1 Å². The molecule has 20 heavy (non-hydrogen) atoms. The molecular weight excluding hydrogens is 288 g/mol. The van der Waals surface area contributed by atoms with E-state index in [-0.39, 0.29) is 0 Å². The van der Waals surface area contributed by atoms with Crippen LogP contribution in [-0.4, -0.2) is 35.8 Å². The fraction of sp³-hybridized carbons (Fsp3) is 0.200. The number of aromatic hydroxyl groups is 1. The topological polar surface area (TPSA) is 148 Å². The standard InChI is InChI=1S/C10H8N4O5S/c11-3-5-13(6-4-12)20(18,19)8-1-2-10(15)9(7-8)14(16)17/h1-2,7,15H,5-6H2. The largest absolute Gasteiger partial charge is 0.502 e. The third-order valence-corrected chi connectivity index (χ3v) is 4.06. The van der Waals surface area contributed by atoms with Crippen LogP contribution >= 0.6 is 0 Å². The quantitative estimate of drug-likeness (QED) is 0.467. The summed E-state index contributed by atoms with van der Waals surface area (Å²) in [6.45, 7) is -1.13. The van der Waals surface area contributed by atoms with Crippen molar-refractivity contribution in [3.05, 3.63) is 28.3 Å². The number of benzene rings is 1. The average molecular weight is 296 g/mol. The number of rotatable bonds is 5. The Balaban J connectivity index is 3.35. The van der Waals surface area contributed by atoms with E-state index in [4.69, 9.17) is 10.5 Å². The van der Waals surface area contributed by atoms with Gasteiger partial charge in [-0.3, -0.25) is 10.1 Å². The molecule has 0 aliphatic rings. The highest BCUT2D eigenvalue weighted by Gasteiger charge is 2.27. The van der Waals surface area contributed by atoms with Gasteiger partial charge in [0.05, 0.1) is 22.0 Å². The highest BCUT2D eigenvalue weighted by atomic mass is 32.2. The number of sulfonamides is 1. The van der Waals surface area contributed by atoms with Crippen LogP contribution < -0.4 is 0 Å². The molecule has 0 aliphatic heterocycles. The first-order valence-corrected chi connectivity index (χ1v) is 6.50. The average Bonchev–Trinajstić information content (AvgIpc) is 2.38. The summed E-state index contributed by atoms with van der Waals surface area (Å²) < 4.78 is 24.8. The maximum absolute atomic E-state index is 12.1. The van der Waals surface area contributed by atoms with Gasteiger partial charge in [-0.2, -0.15) is 14.8 Å². The molecule has 0 spiro atoms. The van der Waals surface area contributed by atoms with E-state index in [2.05, 4.69) is 0 Å². The normalized spacial score (nSPS) is 10.8. The summed E-state index contributed by atoms with van der Waals surface area (Å²) in [5.41, 5.74) is -0.778. The van der Waals surface area contributed by atoms with Gasteiger partial charge in [-0.1, -0.05) is 0 Å². The molecule has 0 unspecified atom stereocenters. The van der Waals surface area contributed by atoms with Crippen molar-refractivity contribution in [3.8, 4) is 17.9 Å². The molecule has 1 aromatic rings. The van der Waals surface area contributed by atoms with Crippen molar-refractivity contribution >= 4 is 15.7 Å². The first kappa shape index (κ1) is 15.4. The Kier molecular flexibility index (Phi) is 4.59. The molecule has 0 atom stereocenters. The molecule has 0 radical (unpaired) electrons. The molecule has 0 heterocycles. The lowest BCUT2D eigenvalue weighted by Gasteiger charge is -2.15. The lowest BCUT2D eigenvalue weighted by atomic mass is 10.3. The molecule has 0 aromatic heterocycles. The Hall–Kier alpha value is -2.69. The van der Waals surface area contributed by atoms with Crippen molar-refractivity contribution in [1.82, 2.24) is 4.31 Å². The summed E-state index contributed by atoms with van der Waals surface area (Å²) >= 11 is 0. The third kappa shape index (κ3) is 3.00. The van der Waals surface area contributed by atoms with Crippen molar-refractivity contribution in [1.29, 1.82) is 10.5 Å². The summed E-state index contributed by atoms with van der Waals surface area (Å²) in [5, 5.41) is 37.0. The second-order valence-corrected chi connectivity index (χ2v) is 5.43.